The molecule has 0 aliphatic carbocycles. The molecule has 2 atom stereocenters. The van der Waals surface area contributed by atoms with Crippen LogP contribution < -0.4 is 5.73 Å². The molecule has 0 saturated carbocycles. The minimum atomic E-state index is -0.248. The number of thiophene rings is 1. The van der Waals surface area contributed by atoms with Gasteiger partial charge in [0.2, 0.25) is 0 Å². The molecule has 2 nitrogen and oxygen atoms in total. The first kappa shape index (κ1) is 12.7. The molecule has 0 aliphatic heterocycles. The van der Waals surface area contributed by atoms with Gasteiger partial charge in [0.1, 0.15) is 0 Å². The van der Waals surface area contributed by atoms with Crippen LogP contribution in [-0.4, -0.2) is 12.2 Å². The highest BCUT2D eigenvalue weighted by Crippen LogP contribution is 2.32. The van der Waals surface area contributed by atoms with Crippen molar-refractivity contribution in [1.29, 1.82) is 0 Å². The van der Waals surface area contributed by atoms with Gasteiger partial charge in [0.05, 0.1) is 11.6 Å². The molecule has 0 saturated heterocycles. The van der Waals surface area contributed by atoms with E-state index in [2.05, 4.69) is 32.2 Å². The fourth-order valence-electron chi connectivity index (χ4n) is 1.72. The van der Waals surface area contributed by atoms with Gasteiger partial charge in [-0.3, -0.25) is 0 Å². The zero-order chi connectivity index (χ0) is 11.5. The topological polar surface area (TPSA) is 35.2 Å². The largest absolute Gasteiger partial charge is 0.374 e. The van der Waals surface area contributed by atoms with E-state index in [1.54, 1.807) is 11.3 Å². The third-order valence-electron chi connectivity index (χ3n) is 2.94. The maximum atomic E-state index is 6.27. The first-order chi connectivity index (χ1) is 7.03. The Bertz CT molecular complexity index is 310. The van der Waals surface area contributed by atoms with Crippen LogP contribution in [0.4, 0.5) is 0 Å². The van der Waals surface area contributed by atoms with Crippen molar-refractivity contribution in [2.75, 3.05) is 6.61 Å². The fraction of sp³-hybridized carbons (Fsp3) is 0.667. The van der Waals surface area contributed by atoms with E-state index in [-0.39, 0.29) is 11.6 Å². The van der Waals surface area contributed by atoms with Gasteiger partial charge in [-0.2, -0.15) is 0 Å². The molecule has 0 radical (unpaired) electrons. The van der Waals surface area contributed by atoms with Crippen LogP contribution in [0.1, 0.15) is 43.7 Å². The van der Waals surface area contributed by atoms with Crippen molar-refractivity contribution in [3.05, 3.63) is 21.9 Å². The number of hydrogen-bond acceptors (Lipinski definition) is 3. The number of rotatable bonds is 5. The number of hydrogen-bond donors (Lipinski definition) is 1. The van der Waals surface area contributed by atoms with Crippen LogP contribution in [0.25, 0.3) is 0 Å². The lowest BCUT2D eigenvalue weighted by molar-refractivity contribution is -0.0471. The normalized spacial score (nSPS) is 17.4. The first-order valence-corrected chi connectivity index (χ1v) is 6.36. The van der Waals surface area contributed by atoms with Crippen LogP contribution in [-0.2, 0) is 4.74 Å². The van der Waals surface area contributed by atoms with Gasteiger partial charge in [-0.15, -0.1) is 11.3 Å². The second-order valence-corrected chi connectivity index (χ2v) is 5.18. The molecule has 15 heavy (non-hydrogen) atoms. The predicted molar refractivity (Wildman–Crippen MR) is 66.3 cm³/mol. The highest BCUT2D eigenvalue weighted by Gasteiger charge is 2.31. The molecular formula is C12H21NOS. The summed E-state index contributed by atoms with van der Waals surface area (Å²) in [6.45, 7) is 9.04. The average Bonchev–Trinajstić information content (AvgIpc) is 2.64. The molecule has 2 unspecified atom stereocenters. The lowest BCUT2D eigenvalue weighted by Crippen LogP contribution is -2.40. The Morgan fingerprint density at radius 1 is 1.53 bits per heavy atom. The van der Waals surface area contributed by atoms with Gasteiger partial charge in [0, 0.05) is 11.5 Å². The smallest absolute Gasteiger partial charge is 0.0843 e. The Hall–Kier alpha value is -0.380. The van der Waals surface area contributed by atoms with Gasteiger partial charge in [0.15, 0.2) is 0 Å². The van der Waals surface area contributed by atoms with E-state index in [0.29, 0.717) is 6.61 Å². The number of nitrogens with two attached hydrogens (primary N) is 1. The standard InChI is InChI=1S/C12H21NOS/c1-5-12(4,14-6-2)11(13)10-7-9(3)15-8-10/h7-8,11H,5-6,13H2,1-4H3. The van der Waals surface area contributed by atoms with Crippen molar-refractivity contribution in [2.45, 2.75) is 45.8 Å². The molecule has 1 heterocycles. The third-order valence-corrected chi connectivity index (χ3v) is 3.82. The van der Waals surface area contributed by atoms with Crippen LogP contribution >= 0.6 is 11.3 Å². The number of aryl methyl sites for hydroxylation is 1. The van der Waals surface area contributed by atoms with Gasteiger partial charge in [-0.1, -0.05) is 6.92 Å². The minimum Gasteiger partial charge on any atom is -0.374 e. The summed E-state index contributed by atoms with van der Waals surface area (Å²) in [6, 6.07) is 2.12. The van der Waals surface area contributed by atoms with Crippen LogP contribution in [0.15, 0.2) is 11.4 Å². The molecule has 2 N–H and O–H groups in total. The third kappa shape index (κ3) is 2.80. The van der Waals surface area contributed by atoms with Crippen LogP contribution in [0.2, 0.25) is 0 Å². The lowest BCUT2D eigenvalue weighted by atomic mass is 9.89. The van der Waals surface area contributed by atoms with Gasteiger partial charge < -0.3 is 10.5 Å². The highest BCUT2D eigenvalue weighted by molar-refractivity contribution is 7.10. The molecule has 0 fully saturated rings. The summed E-state index contributed by atoms with van der Waals surface area (Å²) >= 11 is 1.74. The van der Waals surface area contributed by atoms with Crippen LogP contribution in [0, 0.1) is 6.92 Å². The summed E-state index contributed by atoms with van der Waals surface area (Å²) in [5, 5.41) is 2.13. The summed E-state index contributed by atoms with van der Waals surface area (Å²) in [7, 11) is 0. The van der Waals surface area contributed by atoms with E-state index in [1.807, 2.05) is 6.92 Å². The van der Waals surface area contributed by atoms with E-state index in [4.69, 9.17) is 10.5 Å². The molecule has 0 aliphatic rings. The Balaban J connectivity index is 2.85. The predicted octanol–water partition coefficient (Wildman–Crippen LogP) is 3.26. The van der Waals surface area contributed by atoms with Crippen molar-refractivity contribution in [1.82, 2.24) is 0 Å². The van der Waals surface area contributed by atoms with E-state index >= 15 is 0 Å². The van der Waals surface area contributed by atoms with Crippen molar-refractivity contribution in [3.63, 3.8) is 0 Å². The summed E-state index contributed by atoms with van der Waals surface area (Å²) in [6.07, 6.45) is 0.927. The molecular weight excluding hydrogens is 206 g/mol. The molecule has 1 rings (SSSR count). The second-order valence-electron chi connectivity index (χ2n) is 4.07. The maximum absolute atomic E-state index is 6.27. The molecule has 1 aromatic heterocycles. The lowest BCUT2D eigenvalue weighted by Gasteiger charge is -2.34. The molecule has 1 aromatic rings. The zero-order valence-corrected chi connectivity index (χ0v) is 10.9. The Morgan fingerprint density at radius 2 is 2.20 bits per heavy atom. The van der Waals surface area contributed by atoms with Crippen molar-refractivity contribution in [3.8, 4) is 0 Å². The maximum Gasteiger partial charge on any atom is 0.0843 e. The van der Waals surface area contributed by atoms with Gasteiger partial charge >= 0.3 is 0 Å². The van der Waals surface area contributed by atoms with Crippen LogP contribution in [0.5, 0.6) is 0 Å². The van der Waals surface area contributed by atoms with E-state index in [1.165, 1.54) is 10.4 Å². The minimum absolute atomic E-state index is 0.0348. The Labute approximate surface area is 96.4 Å². The van der Waals surface area contributed by atoms with Crippen molar-refractivity contribution in [2.24, 2.45) is 5.73 Å². The van der Waals surface area contributed by atoms with Crippen molar-refractivity contribution >= 4 is 11.3 Å². The summed E-state index contributed by atoms with van der Waals surface area (Å²) in [5.41, 5.74) is 7.21. The van der Waals surface area contributed by atoms with Gasteiger partial charge in [-0.05, 0) is 44.2 Å². The summed E-state index contributed by atoms with van der Waals surface area (Å²) in [5.74, 6) is 0. The Kier molecular flexibility index (Phi) is 4.32. The molecule has 86 valence electrons. The van der Waals surface area contributed by atoms with Crippen molar-refractivity contribution < 1.29 is 4.74 Å². The Morgan fingerprint density at radius 3 is 2.60 bits per heavy atom. The van der Waals surface area contributed by atoms with E-state index in [9.17, 15) is 0 Å². The quantitative estimate of drug-likeness (QED) is 0.838. The fourth-order valence-corrected chi connectivity index (χ4v) is 2.46. The number of ether oxygens (including phenoxy) is 1. The van der Waals surface area contributed by atoms with E-state index in [0.717, 1.165) is 6.42 Å². The molecule has 0 amide bonds. The summed E-state index contributed by atoms with van der Waals surface area (Å²) < 4.78 is 5.78. The molecule has 0 aromatic carbocycles. The summed E-state index contributed by atoms with van der Waals surface area (Å²) in [4.78, 5) is 1.30. The second kappa shape index (κ2) is 5.10. The van der Waals surface area contributed by atoms with E-state index < -0.39 is 0 Å². The zero-order valence-electron chi connectivity index (χ0n) is 10.0. The highest BCUT2D eigenvalue weighted by atomic mass is 32.1. The molecule has 0 spiro atoms. The van der Waals surface area contributed by atoms with Gasteiger partial charge in [0.25, 0.3) is 0 Å². The first-order valence-electron chi connectivity index (χ1n) is 5.48. The average molecular weight is 227 g/mol. The molecule has 0 bridgehead atoms. The van der Waals surface area contributed by atoms with Gasteiger partial charge in [-0.25, -0.2) is 0 Å². The monoisotopic (exact) mass is 227 g/mol. The molecule has 3 heteroatoms. The van der Waals surface area contributed by atoms with Crippen LogP contribution in [0.3, 0.4) is 0 Å². The SMILES string of the molecule is CCOC(C)(CC)C(N)c1csc(C)c1.